The van der Waals surface area contributed by atoms with Crippen molar-refractivity contribution in [2.45, 2.75) is 13.1 Å². The van der Waals surface area contributed by atoms with Crippen molar-refractivity contribution in [3.05, 3.63) is 58.5 Å². The molecular formula is C16H21BrN2O+2. The lowest BCUT2D eigenvalue weighted by atomic mass is 10.2. The number of halogens is 1. The molecule has 0 spiro atoms. The molecule has 0 radical (unpaired) electrons. The molecule has 3 nitrogen and oxygen atoms in total. The zero-order valence-corrected chi connectivity index (χ0v) is 13.2. The van der Waals surface area contributed by atoms with Gasteiger partial charge in [0, 0.05) is 5.56 Å². The van der Waals surface area contributed by atoms with Crippen molar-refractivity contribution in [1.82, 2.24) is 0 Å². The number of quaternary nitrogens is 2. The largest absolute Gasteiger partial charge is 0.448 e. The van der Waals surface area contributed by atoms with Crippen LogP contribution in [0.3, 0.4) is 0 Å². The smallest absolute Gasteiger partial charge is 0.169 e. The van der Waals surface area contributed by atoms with Crippen molar-refractivity contribution in [1.29, 1.82) is 0 Å². The van der Waals surface area contributed by atoms with Crippen molar-refractivity contribution in [2.75, 3.05) is 26.2 Å². The molecule has 2 heterocycles. The lowest BCUT2D eigenvalue weighted by molar-refractivity contribution is -1.02. The lowest BCUT2D eigenvalue weighted by Gasteiger charge is -2.29. The van der Waals surface area contributed by atoms with Crippen LogP contribution in [0.2, 0.25) is 0 Å². The van der Waals surface area contributed by atoms with Crippen LogP contribution in [0.15, 0.2) is 51.6 Å². The Labute approximate surface area is 128 Å². The minimum Gasteiger partial charge on any atom is -0.448 e. The Balaban J connectivity index is 1.47. The maximum atomic E-state index is 5.60. The third-order valence-electron chi connectivity index (χ3n) is 4.01. The molecule has 0 saturated carbocycles. The number of hydrogen-bond acceptors (Lipinski definition) is 1. The Morgan fingerprint density at radius 3 is 2.10 bits per heavy atom. The predicted octanol–water partition coefficient (Wildman–Crippen LogP) is 0.526. The van der Waals surface area contributed by atoms with Crippen LogP contribution in [0.25, 0.3) is 0 Å². The Morgan fingerprint density at radius 1 is 0.850 bits per heavy atom. The van der Waals surface area contributed by atoms with Crippen LogP contribution in [-0.2, 0) is 13.1 Å². The van der Waals surface area contributed by atoms with E-state index in [1.54, 1.807) is 9.80 Å². The number of furan rings is 1. The first-order chi connectivity index (χ1) is 9.79. The Bertz CT molecular complexity index is 532. The first-order valence-electron chi connectivity index (χ1n) is 7.25. The van der Waals surface area contributed by atoms with E-state index in [1.165, 1.54) is 31.7 Å². The van der Waals surface area contributed by atoms with Gasteiger partial charge >= 0.3 is 0 Å². The van der Waals surface area contributed by atoms with Crippen molar-refractivity contribution in [3.63, 3.8) is 0 Å². The molecular weight excluding hydrogens is 316 g/mol. The first kappa shape index (κ1) is 13.9. The fourth-order valence-electron chi connectivity index (χ4n) is 2.89. The van der Waals surface area contributed by atoms with Gasteiger partial charge in [-0.25, -0.2) is 0 Å². The highest BCUT2D eigenvalue weighted by Gasteiger charge is 2.23. The zero-order chi connectivity index (χ0) is 13.8. The molecule has 0 unspecified atom stereocenters. The van der Waals surface area contributed by atoms with Gasteiger partial charge in [0.2, 0.25) is 0 Å². The highest BCUT2D eigenvalue weighted by Crippen LogP contribution is 2.12. The molecule has 1 saturated heterocycles. The van der Waals surface area contributed by atoms with Gasteiger partial charge in [-0.2, -0.15) is 0 Å². The van der Waals surface area contributed by atoms with E-state index in [9.17, 15) is 0 Å². The maximum absolute atomic E-state index is 5.60. The fraction of sp³-hybridized carbons (Fsp3) is 0.375. The van der Waals surface area contributed by atoms with E-state index in [-0.39, 0.29) is 0 Å². The van der Waals surface area contributed by atoms with E-state index in [2.05, 4.69) is 52.3 Å². The summed E-state index contributed by atoms with van der Waals surface area (Å²) in [6.45, 7) is 7.09. The second kappa shape index (κ2) is 6.57. The molecule has 1 aliphatic heterocycles. The molecule has 1 fully saturated rings. The third-order valence-corrected chi connectivity index (χ3v) is 4.44. The van der Waals surface area contributed by atoms with Gasteiger partial charge in [-0.15, -0.1) is 0 Å². The molecule has 2 aromatic rings. The summed E-state index contributed by atoms with van der Waals surface area (Å²) < 4.78 is 6.43. The summed E-state index contributed by atoms with van der Waals surface area (Å²) in [7, 11) is 0. The second-order valence-electron chi connectivity index (χ2n) is 5.54. The lowest BCUT2D eigenvalue weighted by Crippen LogP contribution is -3.27. The van der Waals surface area contributed by atoms with Gasteiger partial charge in [0.25, 0.3) is 0 Å². The maximum Gasteiger partial charge on any atom is 0.169 e. The Kier molecular flexibility index (Phi) is 4.55. The Morgan fingerprint density at radius 2 is 1.50 bits per heavy atom. The van der Waals surface area contributed by atoms with Crippen LogP contribution in [0.5, 0.6) is 0 Å². The molecule has 20 heavy (non-hydrogen) atoms. The molecule has 2 N–H and O–H groups in total. The summed E-state index contributed by atoms with van der Waals surface area (Å²) in [5.74, 6) is 1.08. The van der Waals surface area contributed by atoms with Crippen LogP contribution in [0.4, 0.5) is 0 Å². The Hall–Kier alpha value is -1.10. The highest BCUT2D eigenvalue weighted by molar-refractivity contribution is 9.10. The number of hydrogen-bond donors (Lipinski definition) is 2. The quantitative estimate of drug-likeness (QED) is 0.835. The van der Waals surface area contributed by atoms with Gasteiger partial charge < -0.3 is 14.2 Å². The molecule has 0 atom stereocenters. The number of piperazine rings is 1. The summed E-state index contributed by atoms with van der Waals surface area (Å²) in [6.07, 6.45) is 0. The summed E-state index contributed by atoms with van der Waals surface area (Å²) >= 11 is 3.36. The molecule has 0 amide bonds. The average molecular weight is 337 g/mol. The second-order valence-corrected chi connectivity index (χ2v) is 6.33. The van der Waals surface area contributed by atoms with Gasteiger partial charge in [-0.1, -0.05) is 30.3 Å². The molecule has 1 aromatic heterocycles. The van der Waals surface area contributed by atoms with Crippen LogP contribution in [0.1, 0.15) is 11.3 Å². The predicted molar refractivity (Wildman–Crippen MR) is 81.7 cm³/mol. The molecule has 4 heteroatoms. The molecule has 0 bridgehead atoms. The van der Waals surface area contributed by atoms with Gasteiger partial charge in [0.1, 0.15) is 39.3 Å². The molecule has 1 aromatic carbocycles. The third kappa shape index (κ3) is 3.72. The summed E-state index contributed by atoms with van der Waals surface area (Å²) in [4.78, 5) is 3.32. The van der Waals surface area contributed by atoms with E-state index < -0.39 is 0 Å². The van der Waals surface area contributed by atoms with Gasteiger partial charge in [0.15, 0.2) is 10.4 Å². The van der Waals surface area contributed by atoms with E-state index >= 15 is 0 Å². The highest BCUT2D eigenvalue weighted by atomic mass is 79.9. The minimum atomic E-state index is 0.834. The topological polar surface area (TPSA) is 22.0 Å². The summed E-state index contributed by atoms with van der Waals surface area (Å²) in [5.41, 5.74) is 1.45. The number of rotatable bonds is 4. The molecule has 106 valence electrons. The normalized spacial score (nSPS) is 22.9. The van der Waals surface area contributed by atoms with Crippen molar-refractivity contribution >= 4 is 15.9 Å². The van der Waals surface area contributed by atoms with E-state index in [0.717, 1.165) is 23.5 Å². The monoisotopic (exact) mass is 336 g/mol. The van der Waals surface area contributed by atoms with E-state index in [0.29, 0.717) is 0 Å². The van der Waals surface area contributed by atoms with Crippen LogP contribution >= 0.6 is 15.9 Å². The average Bonchev–Trinajstić information content (AvgIpc) is 2.88. The van der Waals surface area contributed by atoms with E-state index in [1.807, 2.05) is 6.07 Å². The minimum absolute atomic E-state index is 0.834. The van der Waals surface area contributed by atoms with E-state index in [4.69, 9.17) is 4.42 Å². The van der Waals surface area contributed by atoms with Crippen LogP contribution in [0, 0.1) is 0 Å². The van der Waals surface area contributed by atoms with Crippen LogP contribution < -0.4 is 9.80 Å². The van der Waals surface area contributed by atoms with Crippen molar-refractivity contribution < 1.29 is 14.2 Å². The van der Waals surface area contributed by atoms with Crippen LogP contribution in [-0.4, -0.2) is 26.2 Å². The SMILES string of the molecule is Brc1ccc(C[NH+]2CC[NH+](Cc3ccccc3)CC2)o1. The number of benzene rings is 1. The van der Waals surface area contributed by atoms with Gasteiger partial charge in [0.05, 0.1) is 0 Å². The van der Waals surface area contributed by atoms with Gasteiger partial charge in [-0.05, 0) is 28.1 Å². The fourth-order valence-corrected chi connectivity index (χ4v) is 3.23. The molecule has 0 aliphatic carbocycles. The molecule has 3 rings (SSSR count). The standard InChI is InChI=1S/C16H19BrN2O/c17-16-7-6-15(20-16)13-19-10-8-18(9-11-19)12-14-4-2-1-3-5-14/h1-7H,8-13H2/p+2. The number of nitrogens with one attached hydrogen (secondary N) is 2. The summed E-state index contributed by atoms with van der Waals surface area (Å²) in [6, 6.07) is 14.9. The molecule has 1 aliphatic rings. The summed E-state index contributed by atoms with van der Waals surface area (Å²) in [5, 5.41) is 0. The first-order valence-corrected chi connectivity index (χ1v) is 8.04. The van der Waals surface area contributed by atoms with Crippen molar-refractivity contribution in [2.24, 2.45) is 0 Å². The zero-order valence-electron chi connectivity index (χ0n) is 11.6. The van der Waals surface area contributed by atoms with Crippen molar-refractivity contribution in [3.8, 4) is 0 Å². The van der Waals surface area contributed by atoms with Gasteiger partial charge in [-0.3, -0.25) is 0 Å².